The van der Waals surface area contributed by atoms with E-state index in [0.717, 1.165) is 43.0 Å². The van der Waals surface area contributed by atoms with Crippen molar-refractivity contribution in [3.8, 4) is 0 Å². The molecule has 0 saturated carbocycles. The molecule has 0 bridgehead atoms. The van der Waals surface area contributed by atoms with Crippen LogP contribution in [-0.2, 0) is 47.7 Å². The van der Waals surface area contributed by atoms with Crippen LogP contribution in [0.2, 0.25) is 0 Å². The van der Waals surface area contributed by atoms with E-state index in [1.54, 1.807) is 18.2 Å². The molecule has 1 aromatic carbocycles. The van der Waals surface area contributed by atoms with Crippen LogP contribution in [0, 0.1) is 0 Å². The second-order valence-electron chi connectivity index (χ2n) is 8.05. The Morgan fingerprint density at radius 2 is 1.49 bits per heavy atom. The minimum absolute atomic E-state index is 0.0908. The van der Waals surface area contributed by atoms with Crippen LogP contribution in [0.5, 0.6) is 0 Å². The van der Waals surface area contributed by atoms with Gasteiger partial charge in [0.2, 0.25) is 0 Å². The lowest BCUT2D eigenvalue weighted by Crippen LogP contribution is -2.66. The number of hydrogen-bond donors (Lipinski definition) is 0. The van der Waals surface area contributed by atoms with Gasteiger partial charge in [-0.2, -0.15) is 0 Å². The van der Waals surface area contributed by atoms with E-state index in [0.29, 0.717) is 0 Å². The van der Waals surface area contributed by atoms with E-state index >= 15 is 0 Å². The van der Waals surface area contributed by atoms with E-state index in [2.05, 4.69) is 0 Å². The van der Waals surface area contributed by atoms with Crippen LogP contribution in [0.3, 0.4) is 0 Å². The van der Waals surface area contributed by atoms with Gasteiger partial charge in [0.15, 0.2) is 28.9 Å². The zero-order valence-corrected chi connectivity index (χ0v) is 22.0. The molecule has 2 fully saturated rings. The Kier molecular flexibility index (Phi) is 9.40. The lowest BCUT2D eigenvalue weighted by atomic mass is 9.96. The van der Waals surface area contributed by atoms with E-state index < -0.39 is 67.0 Å². The summed E-state index contributed by atoms with van der Waals surface area (Å²) in [6.45, 7) is 4.11. The molecule has 37 heavy (non-hydrogen) atoms. The van der Waals surface area contributed by atoms with E-state index in [1.165, 1.54) is 6.92 Å². The SMILES string of the molecule is CC(=O)OC[C@H]1O[C@@H](N2C(=O)/C(=C/c3ccccc3)SC2=S)[C@H](OC(C)=O)[C@@H](OC(C)=O)[C@@H]1OC(C)=O. The first kappa shape index (κ1) is 28.3. The van der Waals surface area contributed by atoms with Gasteiger partial charge in [0.05, 0.1) is 4.91 Å². The molecule has 11 nitrogen and oxygen atoms in total. The average Bonchev–Trinajstić information content (AvgIpc) is 3.07. The minimum atomic E-state index is -1.43. The first-order chi connectivity index (χ1) is 17.5. The van der Waals surface area contributed by atoms with Crippen LogP contribution in [-0.4, -0.2) is 76.3 Å². The molecule has 1 amide bonds. The summed E-state index contributed by atoms with van der Waals surface area (Å²) in [5.41, 5.74) is 0.754. The van der Waals surface area contributed by atoms with E-state index in [-0.39, 0.29) is 9.23 Å². The molecule has 0 spiro atoms. The highest BCUT2D eigenvalue weighted by atomic mass is 32.2. The monoisotopic (exact) mass is 551 g/mol. The number of thioether (sulfide) groups is 1. The molecular weight excluding hydrogens is 526 g/mol. The first-order valence-corrected chi connectivity index (χ1v) is 12.3. The molecule has 0 aliphatic carbocycles. The Hall–Kier alpha value is -3.29. The maximum Gasteiger partial charge on any atom is 0.303 e. The van der Waals surface area contributed by atoms with E-state index in [1.807, 2.05) is 18.2 Å². The Morgan fingerprint density at radius 3 is 2.05 bits per heavy atom. The van der Waals surface area contributed by atoms with Crippen LogP contribution >= 0.6 is 24.0 Å². The van der Waals surface area contributed by atoms with E-state index in [4.69, 9.17) is 35.9 Å². The molecule has 5 atom stereocenters. The average molecular weight is 552 g/mol. The van der Waals surface area contributed by atoms with Crippen molar-refractivity contribution in [1.82, 2.24) is 4.90 Å². The van der Waals surface area contributed by atoms with Gasteiger partial charge in [-0.3, -0.25) is 28.9 Å². The van der Waals surface area contributed by atoms with Crippen LogP contribution in [0.4, 0.5) is 0 Å². The summed E-state index contributed by atoms with van der Waals surface area (Å²) in [6.07, 6.45) is -5.12. The fraction of sp³-hybridized carbons (Fsp3) is 0.417. The van der Waals surface area contributed by atoms with Gasteiger partial charge < -0.3 is 23.7 Å². The molecule has 2 saturated heterocycles. The van der Waals surface area contributed by atoms with Gasteiger partial charge in [-0.15, -0.1) is 0 Å². The summed E-state index contributed by atoms with van der Waals surface area (Å²) in [5, 5.41) is 0. The lowest BCUT2D eigenvalue weighted by Gasteiger charge is -2.46. The Morgan fingerprint density at radius 1 is 0.919 bits per heavy atom. The second kappa shape index (κ2) is 12.3. The zero-order valence-electron chi connectivity index (χ0n) is 20.4. The number of esters is 4. The molecule has 3 rings (SSSR count). The van der Waals surface area contributed by atoms with Gasteiger partial charge in [-0.1, -0.05) is 54.3 Å². The second-order valence-corrected chi connectivity index (χ2v) is 9.73. The standard InChI is InChI=1S/C24H25NO10S2/c1-12(26)31-11-17-19(32-13(2)27)20(33-14(3)28)21(34-15(4)29)23(35-17)25-22(30)18(37-24(25)36)10-16-8-6-5-7-9-16/h5-10,17,19-21,23H,11H2,1-4H3/b18-10-/t17-,19-,20+,21-,23-/m1/s1. The fourth-order valence-corrected chi connectivity index (χ4v) is 5.12. The van der Waals surface area contributed by atoms with Crippen molar-refractivity contribution in [3.05, 3.63) is 40.8 Å². The largest absolute Gasteiger partial charge is 0.463 e. The van der Waals surface area contributed by atoms with Crippen molar-refractivity contribution >= 4 is 64.2 Å². The number of nitrogens with zero attached hydrogens (tertiary/aromatic N) is 1. The van der Waals surface area contributed by atoms with Gasteiger partial charge in [-0.05, 0) is 11.6 Å². The number of benzene rings is 1. The van der Waals surface area contributed by atoms with Gasteiger partial charge in [-0.25, -0.2) is 0 Å². The smallest absolute Gasteiger partial charge is 0.303 e. The molecular formula is C24H25NO10S2. The number of thiocarbonyl (C=S) groups is 1. The predicted octanol–water partition coefficient (Wildman–Crippen LogP) is 1.97. The highest BCUT2D eigenvalue weighted by molar-refractivity contribution is 8.26. The van der Waals surface area contributed by atoms with E-state index in [9.17, 15) is 24.0 Å². The molecule has 2 heterocycles. The van der Waals surface area contributed by atoms with Crippen molar-refractivity contribution in [2.24, 2.45) is 0 Å². The molecule has 0 unspecified atom stereocenters. The highest BCUT2D eigenvalue weighted by Crippen LogP contribution is 2.39. The Balaban J connectivity index is 2.05. The van der Waals surface area contributed by atoms with Crippen molar-refractivity contribution in [3.63, 3.8) is 0 Å². The molecule has 13 heteroatoms. The lowest BCUT2D eigenvalue weighted by molar-refractivity contribution is -0.268. The molecule has 0 N–H and O–H groups in total. The summed E-state index contributed by atoms with van der Waals surface area (Å²) in [4.78, 5) is 62.3. The summed E-state index contributed by atoms with van der Waals surface area (Å²) < 4.78 is 27.4. The Labute approximate surface area is 222 Å². The van der Waals surface area contributed by atoms with Gasteiger partial charge in [0, 0.05) is 27.7 Å². The van der Waals surface area contributed by atoms with Crippen LogP contribution in [0.25, 0.3) is 6.08 Å². The van der Waals surface area contributed by atoms with Crippen LogP contribution in [0.15, 0.2) is 35.2 Å². The topological polar surface area (TPSA) is 135 Å². The fourth-order valence-electron chi connectivity index (χ4n) is 3.81. The van der Waals surface area contributed by atoms with Gasteiger partial charge in [0.1, 0.15) is 12.7 Å². The first-order valence-electron chi connectivity index (χ1n) is 11.1. The molecule has 2 aliphatic heterocycles. The molecule has 1 aromatic rings. The molecule has 0 aromatic heterocycles. The zero-order chi connectivity index (χ0) is 27.3. The maximum atomic E-state index is 13.5. The maximum absolute atomic E-state index is 13.5. The highest BCUT2D eigenvalue weighted by Gasteiger charge is 2.56. The molecule has 0 radical (unpaired) electrons. The predicted molar refractivity (Wildman–Crippen MR) is 133 cm³/mol. The molecule has 2 aliphatic rings. The quantitative estimate of drug-likeness (QED) is 0.212. The van der Waals surface area contributed by atoms with Crippen molar-refractivity contribution in [1.29, 1.82) is 0 Å². The van der Waals surface area contributed by atoms with Crippen LogP contribution < -0.4 is 0 Å². The van der Waals surface area contributed by atoms with Crippen molar-refractivity contribution < 1.29 is 47.7 Å². The van der Waals surface area contributed by atoms with Crippen LogP contribution in [0.1, 0.15) is 33.3 Å². The summed E-state index contributed by atoms with van der Waals surface area (Å²) in [7, 11) is 0. The third-order valence-corrected chi connectivity index (χ3v) is 6.47. The summed E-state index contributed by atoms with van der Waals surface area (Å²) >= 11 is 6.46. The normalized spacial score (nSPS) is 26.5. The van der Waals surface area contributed by atoms with Crippen molar-refractivity contribution in [2.75, 3.05) is 6.61 Å². The number of hydrogen-bond acceptors (Lipinski definition) is 12. The third-order valence-electron chi connectivity index (χ3n) is 5.14. The van der Waals surface area contributed by atoms with Gasteiger partial charge in [0.25, 0.3) is 5.91 Å². The molecule has 198 valence electrons. The number of carbonyl (C=O) groups excluding carboxylic acids is 5. The Bertz CT molecular complexity index is 1120. The minimum Gasteiger partial charge on any atom is -0.463 e. The summed E-state index contributed by atoms with van der Waals surface area (Å²) in [6, 6.07) is 9.07. The number of carbonyl (C=O) groups is 5. The summed E-state index contributed by atoms with van der Waals surface area (Å²) in [5.74, 6) is -3.50. The third kappa shape index (κ3) is 7.14. The van der Waals surface area contributed by atoms with Crippen molar-refractivity contribution in [2.45, 2.75) is 58.3 Å². The number of ether oxygens (including phenoxy) is 5. The number of rotatable bonds is 7. The number of amides is 1. The van der Waals surface area contributed by atoms with Gasteiger partial charge >= 0.3 is 23.9 Å².